The molecule has 0 bridgehead atoms. The number of rotatable bonds is 2. The molecule has 2 saturated carbocycles. The maximum atomic E-state index is 12.6. The summed E-state index contributed by atoms with van der Waals surface area (Å²) in [5.41, 5.74) is 0.489. The monoisotopic (exact) mass is 352 g/mol. The van der Waals surface area contributed by atoms with Gasteiger partial charge in [0.15, 0.2) is 0 Å². The molecule has 1 N–H and O–H groups in total. The van der Waals surface area contributed by atoms with Crippen molar-refractivity contribution in [3.8, 4) is 0 Å². The third-order valence-corrected chi connectivity index (χ3v) is 8.77. The van der Waals surface area contributed by atoms with Gasteiger partial charge in [0, 0.05) is 17.4 Å². The first-order chi connectivity index (χ1) is 11.6. The molecule has 6 atom stereocenters. The molecule has 4 nitrogen and oxygen atoms in total. The predicted molar refractivity (Wildman–Crippen MR) is 93.1 cm³/mol. The standard InChI is InChI=1S/C19H29NO3S/c1-18-3-2-4-19(12-22-19)16(18)9-13-14(17(21)23-15(13)10-18)11-20-5-7-24-8-6-20/h13-16H,2-12H2,1H3/p+1/t13-,14-,15-,16+,18-,19+/m1/s1. The molecule has 5 aliphatic rings. The molecule has 5 heteroatoms. The van der Waals surface area contributed by atoms with Gasteiger partial charge >= 0.3 is 5.97 Å². The van der Waals surface area contributed by atoms with Crippen LogP contribution in [-0.4, -0.2) is 55.4 Å². The highest BCUT2D eigenvalue weighted by Crippen LogP contribution is 2.62. The van der Waals surface area contributed by atoms with Crippen molar-refractivity contribution in [2.75, 3.05) is 37.7 Å². The molecule has 0 amide bonds. The molecule has 3 aliphatic heterocycles. The maximum absolute atomic E-state index is 12.6. The molecular weight excluding hydrogens is 322 g/mol. The number of thioether (sulfide) groups is 1. The van der Waals surface area contributed by atoms with Gasteiger partial charge in [0.05, 0.1) is 31.8 Å². The van der Waals surface area contributed by atoms with Gasteiger partial charge in [-0.05, 0) is 43.4 Å². The Balaban J connectivity index is 1.36. The second kappa shape index (κ2) is 5.62. The first kappa shape index (κ1) is 16.0. The Bertz CT molecular complexity index is 531. The second-order valence-corrected chi connectivity index (χ2v) is 10.4. The summed E-state index contributed by atoms with van der Waals surface area (Å²) >= 11 is 2.05. The molecule has 24 heavy (non-hydrogen) atoms. The van der Waals surface area contributed by atoms with E-state index in [4.69, 9.17) is 9.47 Å². The zero-order chi connectivity index (χ0) is 16.4. The Labute approximate surface area is 149 Å². The van der Waals surface area contributed by atoms with Crippen molar-refractivity contribution in [1.29, 1.82) is 0 Å². The zero-order valence-corrected chi connectivity index (χ0v) is 15.5. The van der Waals surface area contributed by atoms with Crippen LogP contribution in [0.3, 0.4) is 0 Å². The molecule has 134 valence electrons. The van der Waals surface area contributed by atoms with Crippen molar-refractivity contribution >= 4 is 17.7 Å². The summed E-state index contributed by atoms with van der Waals surface area (Å²) < 4.78 is 11.9. The zero-order valence-electron chi connectivity index (χ0n) is 14.7. The highest BCUT2D eigenvalue weighted by Gasteiger charge is 2.65. The van der Waals surface area contributed by atoms with Gasteiger partial charge in [-0.3, -0.25) is 4.79 Å². The van der Waals surface area contributed by atoms with Crippen LogP contribution in [0.1, 0.15) is 39.0 Å². The van der Waals surface area contributed by atoms with Crippen molar-refractivity contribution in [3.05, 3.63) is 0 Å². The van der Waals surface area contributed by atoms with Crippen LogP contribution >= 0.6 is 11.8 Å². The maximum Gasteiger partial charge on any atom is 0.315 e. The Kier molecular flexibility index (Phi) is 3.73. The Morgan fingerprint density at radius 3 is 2.83 bits per heavy atom. The number of esters is 1. The lowest BCUT2D eigenvalue weighted by atomic mass is 9.53. The quantitative estimate of drug-likeness (QED) is 0.598. The van der Waals surface area contributed by atoms with E-state index in [9.17, 15) is 4.79 Å². The number of carbonyl (C=O) groups is 1. The van der Waals surface area contributed by atoms with E-state index in [0.717, 1.165) is 26.0 Å². The lowest BCUT2D eigenvalue weighted by Crippen LogP contribution is -3.14. The first-order valence-corrected chi connectivity index (χ1v) is 11.0. The van der Waals surface area contributed by atoms with Crippen molar-refractivity contribution in [2.24, 2.45) is 23.2 Å². The van der Waals surface area contributed by atoms with Crippen LogP contribution in [0.15, 0.2) is 0 Å². The van der Waals surface area contributed by atoms with Gasteiger partial charge in [-0.25, -0.2) is 0 Å². The first-order valence-electron chi connectivity index (χ1n) is 9.85. The van der Waals surface area contributed by atoms with Crippen molar-refractivity contribution in [2.45, 2.75) is 50.7 Å². The molecule has 2 aliphatic carbocycles. The van der Waals surface area contributed by atoms with Gasteiger partial charge in [0.25, 0.3) is 0 Å². The molecule has 0 aromatic heterocycles. The lowest BCUT2D eigenvalue weighted by molar-refractivity contribution is -0.899. The van der Waals surface area contributed by atoms with Crippen LogP contribution in [-0.2, 0) is 14.3 Å². The van der Waals surface area contributed by atoms with Crippen LogP contribution in [0, 0.1) is 23.2 Å². The fourth-order valence-electron chi connectivity index (χ4n) is 6.37. The molecular formula is C19H30NO3S+. The summed E-state index contributed by atoms with van der Waals surface area (Å²) in [6.45, 7) is 6.81. The number of ether oxygens (including phenoxy) is 2. The third kappa shape index (κ3) is 2.45. The highest BCUT2D eigenvalue weighted by molar-refractivity contribution is 7.99. The minimum absolute atomic E-state index is 0.101. The minimum atomic E-state index is 0.101. The molecule has 0 radical (unpaired) electrons. The van der Waals surface area contributed by atoms with Crippen molar-refractivity contribution < 1.29 is 19.2 Å². The Morgan fingerprint density at radius 1 is 1.29 bits per heavy atom. The predicted octanol–water partition coefficient (Wildman–Crippen LogP) is 1.15. The van der Waals surface area contributed by atoms with E-state index < -0.39 is 0 Å². The average molecular weight is 353 g/mol. The number of hydrogen-bond donors (Lipinski definition) is 1. The molecule has 3 heterocycles. The van der Waals surface area contributed by atoms with E-state index in [1.54, 1.807) is 4.90 Å². The van der Waals surface area contributed by atoms with Crippen LogP contribution in [0.25, 0.3) is 0 Å². The number of carbonyl (C=O) groups excluding carboxylic acids is 1. The smallest absolute Gasteiger partial charge is 0.315 e. The van der Waals surface area contributed by atoms with Crippen molar-refractivity contribution in [3.63, 3.8) is 0 Å². The van der Waals surface area contributed by atoms with Crippen LogP contribution in [0.4, 0.5) is 0 Å². The molecule has 0 unspecified atom stereocenters. The van der Waals surface area contributed by atoms with Gasteiger partial charge in [0.1, 0.15) is 12.0 Å². The number of fused-ring (bicyclic) bond motifs is 3. The number of epoxide rings is 1. The van der Waals surface area contributed by atoms with E-state index in [1.165, 1.54) is 43.9 Å². The highest BCUT2D eigenvalue weighted by atomic mass is 32.2. The SMILES string of the molecule is C[C@]12CCC[C@]3(CO3)[C@H]1C[C@H]1[C@@H](C2)OC(=O)[C@@H]1C[NH+]1CCSCC1. The van der Waals surface area contributed by atoms with E-state index in [-0.39, 0.29) is 23.6 Å². The molecule has 5 rings (SSSR count). The van der Waals surface area contributed by atoms with Gasteiger partial charge in [-0.2, -0.15) is 11.8 Å². The fourth-order valence-corrected chi connectivity index (χ4v) is 7.44. The van der Waals surface area contributed by atoms with Crippen LogP contribution < -0.4 is 4.90 Å². The summed E-state index contributed by atoms with van der Waals surface area (Å²) in [7, 11) is 0. The minimum Gasteiger partial charge on any atom is -0.462 e. The summed E-state index contributed by atoms with van der Waals surface area (Å²) in [5.74, 6) is 3.80. The van der Waals surface area contributed by atoms with Gasteiger partial charge in [0.2, 0.25) is 0 Å². The van der Waals surface area contributed by atoms with E-state index in [1.807, 2.05) is 11.8 Å². The largest absolute Gasteiger partial charge is 0.462 e. The van der Waals surface area contributed by atoms with E-state index in [2.05, 4.69) is 6.92 Å². The summed E-state index contributed by atoms with van der Waals surface area (Å²) in [6, 6.07) is 0. The molecule has 3 saturated heterocycles. The van der Waals surface area contributed by atoms with Crippen molar-refractivity contribution in [1.82, 2.24) is 0 Å². The van der Waals surface area contributed by atoms with Crippen LogP contribution in [0.2, 0.25) is 0 Å². The fraction of sp³-hybridized carbons (Fsp3) is 0.947. The summed E-state index contributed by atoms with van der Waals surface area (Å²) in [4.78, 5) is 14.2. The number of hydrogen-bond acceptors (Lipinski definition) is 4. The summed E-state index contributed by atoms with van der Waals surface area (Å²) in [6.07, 6.45) is 6.19. The van der Waals surface area contributed by atoms with Gasteiger partial charge < -0.3 is 14.4 Å². The second-order valence-electron chi connectivity index (χ2n) is 9.17. The molecule has 5 fully saturated rings. The normalized spacial score (nSPS) is 51.1. The molecule has 1 spiro atoms. The van der Waals surface area contributed by atoms with E-state index in [0.29, 0.717) is 17.3 Å². The number of quaternary nitrogens is 1. The van der Waals surface area contributed by atoms with Gasteiger partial charge in [-0.1, -0.05) is 6.92 Å². The summed E-state index contributed by atoms with van der Waals surface area (Å²) in [5, 5.41) is 0. The number of nitrogens with one attached hydrogen (secondary N) is 1. The molecule has 0 aromatic carbocycles. The topological polar surface area (TPSA) is 43.3 Å². The molecule has 0 aromatic rings. The Hall–Kier alpha value is -0.260. The van der Waals surface area contributed by atoms with Gasteiger partial charge in [-0.15, -0.1) is 0 Å². The average Bonchev–Trinajstić information content (AvgIpc) is 3.27. The van der Waals surface area contributed by atoms with E-state index >= 15 is 0 Å². The lowest BCUT2D eigenvalue weighted by Gasteiger charge is -2.51. The van der Waals surface area contributed by atoms with Crippen LogP contribution in [0.5, 0.6) is 0 Å². The Morgan fingerprint density at radius 2 is 2.08 bits per heavy atom. The third-order valence-electron chi connectivity index (χ3n) is 7.79.